The Labute approximate surface area is 98.2 Å². The Morgan fingerprint density at radius 1 is 1.50 bits per heavy atom. The standard InChI is InChI=1S/C11H14INO/c1-14-11(5-6-13-8-11)9-3-2-4-10(12)7-9/h2-4,7,13H,5-6,8H2,1H3. The summed E-state index contributed by atoms with van der Waals surface area (Å²) in [5, 5.41) is 3.35. The first kappa shape index (κ1) is 10.4. The van der Waals surface area contributed by atoms with Crippen LogP contribution >= 0.6 is 22.6 Å². The molecule has 1 atom stereocenters. The monoisotopic (exact) mass is 303 g/mol. The van der Waals surface area contributed by atoms with Crippen molar-refractivity contribution in [3.63, 3.8) is 0 Å². The van der Waals surface area contributed by atoms with Gasteiger partial charge in [0.25, 0.3) is 0 Å². The highest BCUT2D eigenvalue weighted by molar-refractivity contribution is 14.1. The van der Waals surface area contributed by atoms with Gasteiger partial charge in [-0.05, 0) is 53.3 Å². The fourth-order valence-electron chi connectivity index (χ4n) is 1.98. The van der Waals surface area contributed by atoms with Gasteiger partial charge in [0, 0.05) is 17.2 Å². The molecule has 0 spiro atoms. The van der Waals surface area contributed by atoms with Crippen molar-refractivity contribution in [2.75, 3.05) is 20.2 Å². The second kappa shape index (κ2) is 4.16. The van der Waals surface area contributed by atoms with E-state index in [1.807, 2.05) is 0 Å². The van der Waals surface area contributed by atoms with Crippen LogP contribution < -0.4 is 5.32 Å². The lowest BCUT2D eigenvalue weighted by Crippen LogP contribution is -2.31. The first-order valence-electron chi connectivity index (χ1n) is 4.79. The van der Waals surface area contributed by atoms with Crippen LogP contribution in [0.15, 0.2) is 24.3 Å². The van der Waals surface area contributed by atoms with Crippen LogP contribution in [0, 0.1) is 3.57 Å². The van der Waals surface area contributed by atoms with Gasteiger partial charge in [0.05, 0.1) is 0 Å². The van der Waals surface area contributed by atoms with Gasteiger partial charge in [-0.3, -0.25) is 0 Å². The number of hydrogen-bond acceptors (Lipinski definition) is 2. The lowest BCUT2D eigenvalue weighted by Gasteiger charge is -2.27. The van der Waals surface area contributed by atoms with Gasteiger partial charge in [0.2, 0.25) is 0 Å². The molecule has 0 bridgehead atoms. The number of nitrogens with one attached hydrogen (secondary N) is 1. The number of halogens is 1. The molecule has 3 heteroatoms. The summed E-state index contributed by atoms with van der Waals surface area (Å²) in [6.45, 7) is 1.96. The number of ether oxygens (including phenoxy) is 1. The van der Waals surface area contributed by atoms with Crippen molar-refractivity contribution in [2.45, 2.75) is 12.0 Å². The molecule has 1 heterocycles. The van der Waals surface area contributed by atoms with Crippen molar-refractivity contribution in [1.29, 1.82) is 0 Å². The van der Waals surface area contributed by atoms with E-state index >= 15 is 0 Å². The van der Waals surface area contributed by atoms with E-state index in [2.05, 4.69) is 52.2 Å². The van der Waals surface area contributed by atoms with Gasteiger partial charge in [-0.15, -0.1) is 0 Å². The number of rotatable bonds is 2. The highest BCUT2D eigenvalue weighted by atomic mass is 127. The molecule has 2 nitrogen and oxygen atoms in total. The number of methoxy groups -OCH3 is 1. The quantitative estimate of drug-likeness (QED) is 0.845. The highest BCUT2D eigenvalue weighted by Crippen LogP contribution is 2.31. The zero-order chi connectivity index (χ0) is 10.0. The summed E-state index contributed by atoms with van der Waals surface area (Å²) in [6, 6.07) is 8.56. The minimum Gasteiger partial charge on any atom is -0.372 e. The van der Waals surface area contributed by atoms with Crippen LogP contribution in [0.3, 0.4) is 0 Å². The Balaban J connectivity index is 2.35. The molecule has 14 heavy (non-hydrogen) atoms. The molecule has 0 aliphatic carbocycles. The van der Waals surface area contributed by atoms with E-state index in [0.29, 0.717) is 0 Å². The lowest BCUT2D eigenvalue weighted by molar-refractivity contribution is 0.00320. The molecular weight excluding hydrogens is 289 g/mol. The van der Waals surface area contributed by atoms with Gasteiger partial charge in [-0.2, -0.15) is 0 Å². The molecule has 1 aromatic rings. The van der Waals surface area contributed by atoms with Crippen LogP contribution in [0.2, 0.25) is 0 Å². The fraction of sp³-hybridized carbons (Fsp3) is 0.455. The third kappa shape index (κ3) is 1.81. The fourth-order valence-corrected chi connectivity index (χ4v) is 2.52. The van der Waals surface area contributed by atoms with Crippen LogP contribution in [0.4, 0.5) is 0 Å². The third-order valence-corrected chi connectivity index (χ3v) is 3.53. The zero-order valence-corrected chi connectivity index (χ0v) is 10.4. The molecule has 1 fully saturated rings. The Bertz CT molecular complexity index is 321. The van der Waals surface area contributed by atoms with E-state index in [1.54, 1.807) is 7.11 Å². The van der Waals surface area contributed by atoms with Crippen molar-refractivity contribution in [1.82, 2.24) is 5.32 Å². The Kier molecular flexibility index (Phi) is 3.09. The maximum Gasteiger partial charge on any atom is 0.106 e. The molecule has 1 aliphatic heterocycles. The van der Waals surface area contributed by atoms with Crippen molar-refractivity contribution in [3.05, 3.63) is 33.4 Å². The largest absolute Gasteiger partial charge is 0.372 e. The number of hydrogen-bond donors (Lipinski definition) is 1. The molecule has 1 aliphatic rings. The maximum atomic E-state index is 5.67. The first-order chi connectivity index (χ1) is 6.77. The summed E-state index contributed by atoms with van der Waals surface area (Å²) in [7, 11) is 1.80. The summed E-state index contributed by atoms with van der Waals surface area (Å²) in [6.07, 6.45) is 1.06. The Morgan fingerprint density at radius 2 is 2.36 bits per heavy atom. The average Bonchev–Trinajstić information content (AvgIpc) is 2.67. The molecule has 76 valence electrons. The van der Waals surface area contributed by atoms with Gasteiger partial charge in [0.1, 0.15) is 5.60 Å². The molecule has 1 unspecified atom stereocenters. The molecule has 1 saturated heterocycles. The summed E-state index contributed by atoms with van der Waals surface area (Å²) in [5.74, 6) is 0. The molecular formula is C11H14INO. The van der Waals surface area contributed by atoms with Gasteiger partial charge < -0.3 is 10.1 Å². The first-order valence-corrected chi connectivity index (χ1v) is 5.87. The second-order valence-electron chi connectivity index (χ2n) is 3.64. The maximum absolute atomic E-state index is 5.67. The molecule has 1 aromatic carbocycles. The normalized spacial score (nSPS) is 26.7. The van der Waals surface area contributed by atoms with E-state index < -0.39 is 0 Å². The summed E-state index contributed by atoms with van der Waals surface area (Å²) in [4.78, 5) is 0. The summed E-state index contributed by atoms with van der Waals surface area (Å²) >= 11 is 2.34. The van der Waals surface area contributed by atoms with Crippen molar-refractivity contribution < 1.29 is 4.74 Å². The van der Waals surface area contributed by atoms with Gasteiger partial charge in [-0.1, -0.05) is 12.1 Å². The van der Waals surface area contributed by atoms with Crippen LogP contribution in [-0.4, -0.2) is 20.2 Å². The predicted molar refractivity (Wildman–Crippen MR) is 65.3 cm³/mol. The predicted octanol–water partition coefficient (Wildman–Crippen LogP) is 2.13. The SMILES string of the molecule is COC1(c2cccc(I)c2)CCNC1. The van der Waals surface area contributed by atoms with Gasteiger partial charge >= 0.3 is 0 Å². The Hall–Kier alpha value is -0.130. The van der Waals surface area contributed by atoms with Crippen molar-refractivity contribution in [2.24, 2.45) is 0 Å². The third-order valence-electron chi connectivity index (χ3n) is 2.86. The van der Waals surface area contributed by atoms with E-state index in [-0.39, 0.29) is 5.60 Å². The highest BCUT2D eigenvalue weighted by Gasteiger charge is 2.35. The molecule has 0 saturated carbocycles. The van der Waals surface area contributed by atoms with Crippen LogP contribution in [0.5, 0.6) is 0 Å². The topological polar surface area (TPSA) is 21.3 Å². The second-order valence-corrected chi connectivity index (χ2v) is 4.88. The molecule has 2 rings (SSSR count). The summed E-state index contributed by atoms with van der Waals surface area (Å²) in [5.41, 5.74) is 1.19. The van der Waals surface area contributed by atoms with Crippen LogP contribution in [0.25, 0.3) is 0 Å². The molecule has 0 aromatic heterocycles. The Morgan fingerprint density at radius 3 is 2.93 bits per heavy atom. The van der Waals surface area contributed by atoms with Gasteiger partial charge in [0.15, 0.2) is 0 Å². The van der Waals surface area contributed by atoms with E-state index in [4.69, 9.17) is 4.74 Å². The van der Waals surface area contributed by atoms with Crippen molar-refractivity contribution >= 4 is 22.6 Å². The molecule has 0 radical (unpaired) electrons. The number of benzene rings is 1. The smallest absolute Gasteiger partial charge is 0.106 e. The van der Waals surface area contributed by atoms with E-state index in [9.17, 15) is 0 Å². The van der Waals surface area contributed by atoms with Crippen LogP contribution in [0.1, 0.15) is 12.0 Å². The van der Waals surface area contributed by atoms with E-state index in [0.717, 1.165) is 19.5 Å². The lowest BCUT2D eigenvalue weighted by atomic mass is 9.93. The van der Waals surface area contributed by atoms with Crippen LogP contribution in [-0.2, 0) is 10.3 Å². The molecule has 1 N–H and O–H groups in total. The molecule has 0 amide bonds. The summed E-state index contributed by atoms with van der Waals surface area (Å²) < 4.78 is 6.94. The minimum absolute atomic E-state index is 0.0960. The minimum atomic E-state index is -0.0960. The van der Waals surface area contributed by atoms with E-state index in [1.165, 1.54) is 9.13 Å². The average molecular weight is 303 g/mol. The van der Waals surface area contributed by atoms with Gasteiger partial charge in [-0.25, -0.2) is 0 Å². The zero-order valence-electron chi connectivity index (χ0n) is 8.22. The van der Waals surface area contributed by atoms with Crippen molar-refractivity contribution in [3.8, 4) is 0 Å².